The van der Waals surface area contributed by atoms with Gasteiger partial charge in [0.15, 0.2) is 11.5 Å². The molecule has 0 bridgehead atoms. The van der Waals surface area contributed by atoms with Crippen LogP contribution in [0.5, 0.6) is 11.5 Å². The van der Waals surface area contributed by atoms with Crippen molar-refractivity contribution in [3.05, 3.63) is 53.8 Å². The summed E-state index contributed by atoms with van der Waals surface area (Å²) in [5.74, 6) is -0.476. The number of nitrogens with zero attached hydrogens (tertiary/aromatic N) is 1. The van der Waals surface area contributed by atoms with E-state index >= 15 is 0 Å². The van der Waals surface area contributed by atoms with E-state index in [0.717, 1.165) is 4.90 Å². The van der Waals surface area contributed by atoms with Gasteiger partial charge in [-0.3, -0.25) is 14.5 Å². The first kappa shape index (κ1) is 18.7. The predicted molar refractivity (Wildman–Crippen MR) is 99.8 cm³/mol. The molecule has 4 rings (SSSR count). The van der Waals surface area contributed by atoms with Gasteiger partial charge in [-0.15, -0.1) is 0 Å². The maximum absolute atomic E-state index is 13.3. The van der Waals surface area contributed by atoms with Gasteiger partial charge in [-0.1, -0.05) is 19.1 Å². The molecule has 2 aliphatic heterocycles. The van der Waals surface area contributed by atoms with Crippen LogP contribution in [0, 0.1) is 5.82 Å². The van der Waals surface area contributed by atoms with Crippen LogP contribution in [0.4, 0.5) is 14.9 Å². The quantitative estimate of drug-likeness (QED) is 0.753. The van der Waals surface area contributed by atoms with Crippen molar-refractivity contribution in [3.63, 3.8) is 0 Å². The Bertz CT molecular complexity index is 994. The lowest BCUT2D eigenvalue weighted by Gasteiger charge is -2.25. The fraction of sp³-hybridized carbons (Fsp3) is 0.250. The lowest BCUT2D eigenvalue weighted by Crippen LogP contribution is -2.44. The van der Waals surface area contributed by atoms with Crippen molar-refractivity contribution >= 4 is 23.5 Å². The fourth-order valence-corrected chi connectivity index (χ4v) is 3.46. The number of hydrogen-bond donors (Lipinski definition) is 2. The molecule has 2 aliphatic rings. The zero-order valence-electron chi connectivity index (χ0n) is 15.5. The van der Waals surface area contributed by atoms with Crippen molar-refractivity contribution in [2.75, 3.05) is 18.7 Å². The highest BCUT2D eigenvalue weighted by Gasteiger charge is 2.51. The monoisotopic (exact) mass is 399 g/mol. The van der Waals surface area contributed by atoms with Gasteiger partial charge in [0.1, 0.15) is 17.9 Å². The highest BCUT2D eigenvalue weighted by molar-refractivity contribution is 6.10. The molecule has 0 radical (unpaired) electrons. The molecule has 0 unspecified atom stereocenters. The van der Waals surface area contributed by atoms with E-state index in [0.29, 0.717) is 22.7 Å². The molecule has 0 aromatic heterocycles. The molecule has 9 heteroatoms. The zero-order chi connectivity index (χ0) is 20.6. The van der Waals surface area contributed by atoms with E-state index in [1.165, 1.54) is 24.3 Å². The fourth-order valence-electron chi connectivity index (χ4n) is 3.46. The van der Waals surface area contributed by atoms with Gasteiger partial charge in [-0.05, 0) is 36.2 Å². The Morgan fingerprint density at radius 1 is 1.17 bits per heavy atom. The van der Waals surface area contributed by atoms with Crippen LogP contribution >= 0.6 is 0 Å². The third-order valence-electron chi connectivity index (χ3n) is 5.00. The minimum atomic E-state index is -1.33. The number of carbonyl (C=O) groups is 3. The largest absolute Gasteiger partial charge is 0.454 e. The van der Waals surface area contributed by atoms with Crippen molar-refractivity contribution in [1.82, 2.24) is 10.2 Å². The number of amides is 4. The molecule has 0 aliphatic carbocycles. The van der Waals surface area contributed by atoms with Gasteiger partial charge in [0.05, 0.1) is 0 Å². The van der Waals surface area contributed by atoms with E-state index in [1.807, 2.05) is 0 Å². The van der Waals surface area contributed by atoms with Crippen molar-refractivity contribution in [1.29, 1.82) is 0 Å². The second kappa shape index (κ2) is 7.08. The van der Waals surface area contributed by atoms with E-state index < -0.39 is 35.7 Å². The zero-order valence-corrected chi connectivity index (χ0v) is 15.5. The third-order valence-corrected chi connectivity index (χ3v) is 5.00. The summed E-state index contributed by atoms with van der Waals surface area (Å²) in [5, 5.41) is 5.29. The second-order valence-corrected chi connectivity index (χ2v) is 6.70. The van der Waals surface area contributed by atoms with E-state index in [2.05, 4.69) is 10.6 Å². The highest BCUT2D eigenvalue weighted by atomic mass is 19.1. The minimum absolute atomic E-state index is 0.109. The first-order chi connectivity index (χ1) is 13.9. The molecule has 1 saturated heterocycles. The Morgan fingerprint density at radius 3 is 2.62 bits per heavy atom. The molecule has 2 aromatic carbocycles. The summed E-state index contributed by atoms with van der Waals surface area (Å²) in [7, 11) is 0. The van der Waals surface area contributed by atoms with E-state index in [9.17, 15) is 18.8 Å². The number of urea groups is 1. The molecule has 2 aromatic rings. The summed E-state index contributed by atoms with van der Waals surface area (Å²) in [4.78, 5) is 38.8. The summed E-state index contributed by atoms with van der Waals surface area (Å²) < 4.78 is 23.7. The number of ether oxygens (including phenoxy) is 2. The highest BCUT2D eigenvalue weighted by Crippen LogP contribution is 2.35. The predicted octanol–water partition coefficient (Wildman–Crippen LogP) is 2.35. The Hall–Kier alpha value is -3.62. The molecular formula is C20H18FN3O5. The van der Waals surface area contributed by atoms with Crippen LogP contribution in [0.3, 0.4) is 0 Å². The molecule has 29 heavy (non-hydrogen) atoms. The van der Waals surface area contributed by atoms with Gasteiger partial charge < -0.3 is 20.1 Å². The number of fused-ring (bicyclic) bond motifs is 1. The number of hydrogen-bond acceptors (Lipinski definition) is 5. The van der Waals surface area contributed by atoms with E-state index in [1.54, 1.807) is 25.1 Å². The lowest BCUT2D eigenvalue weighted by molar-refractivity contribution is -0.134. The van der Waals surface area contributed by atoms with Crippen molar-refractivity contribution in [3.8, 4) is 11.5 Å². The van der Waals surface area contributed by atoms with Gasteiger partial charge in [0.2, 0.25) is 12.7 Å². The number of rotatable bonds is 5. The topological polar surface area (TPSA) is 97.0 Å². The van der Waals surface area contributed by atoms with Crippen LogP contribution in [0.25, 0.3) is 0 Å². The SMILES string of the molecule is CC[C@@]1(c2ccc(F)cc2)NC(=O)N(CC(=O)Nc2ccc3c(c2)OCO3)C1=O. The normalized spacial score (nSPS) is 20.0. The molecule has 2 heterocycles. The first-order valence-electron chi connectivity index (χ1n) is 9.02. The molecule has 8 nitrogen and oxygen atoms in total. The smallest absolute Gasteiger partial charge is 0.325 e. The Kier molecular flexibility index (Phi) is 4.57. The molecule has 1 fully saturated rings. The third kappa shape index (κ3) is 3.24. The summed E-state index contributed by atoms with van der Waals surface area (Å²) >= 11 is 0. The average molecular weight is 399 g/mol. The van der Waals surface area contributed by atoms with Crippen LogP contribution in [0.15, 0.2) is 42.5 Å². The van der Waals surface area contributed by atoms with Crippen LogP contribution in [-0.2, 0) is 15.1 Å². The number of nitrogens with one attached hydrogen (secondary N) is 2. The molecule has 2 N–H and O–H groups in total. The lowest BCUT2D eigenvalue weighted by atomic mass is 9.87. The minimum Gasteiger partial charge on any atom is -0.454 e. The Balaban J connectivity index is 1.50. The summed E-state index contributed by atoms with van der Waals surface area (Å²) in [6.07, 6.45) is 0.253. The maximum Gasteiger partial charge on any atom is 0.325 e. The molecule has 1 atom stereocenters. The summed E-state index contributed by atoms with van der Waals surface area (Å²) in [5.41, 5.74) is -0.422. The number of benzene rings is 2. The van der Waals surface area contributed by atoms with Crippen molar-refractivity contribution in [2.45, 2.75) is 18.9 Å². The molecule has 4 amide bonds. The van der Waals surface area contributed by atoms with Gasteiger partial charge in [-0.25, -0.2) is 9.18 Å². The van der Waals surface area contributed by atoms with Gasteiger partial charge in [-0.2, -0.15) is 0 Å². The number of carbonyl (C=O) groups excluding carboxylic acids is 3. The van der Waals surface area contributed by atoms with Gasteiger partial charge in [0.25, 0.3) is 5.91 Å². The number of halogens is 1. The average Bonchev–Trinajstić information content (AvgIpc) is 3.26. The van der Waals surface area contributed by atoms with E-state index in [-0.39, 0.29) is 13.2 Å². The van der Waals surface area contributed by atoms with Crippen LogP contribution in [-0.4, -0.2) is 36.1 Å². The summed E-state index contributed by atoms with van der Waals surface area (Å²) in [6.45, 7) is 1.39. The van der Waals surface area contributed by atoms with Gasteiger partial charge in [0, 0.05) is 11.8 Å². The number of imide groups is 1. The summed E-state index contributed by atoms with van der Waals surface area (Å²) in [6, 6.07) is 9.56. The van der Waals surface area contributed by atoms with Crippen molar-refractivity contribution in [2.24, 2.45) is 0 Å². The molecule has 0 saturated carbocycles. The molecular weight excluding hydrogens is 381 g/mol. The van der Waals surface area contributed by atoms with Gasteiger partial charge >= 0.3 is 6.03 Å². The van der Waals surface area contributed by atoms with Crippen LogP contribution in [0.2, 0.25) is 0 Å². The Labute approximate surface area is 165 Å². The molecule has 150 valence electrons. The maximum atomic E-state index is 13.3. The second-order valence-electron chi connectivity index (χ2n) is 6.70. The standard InChI is InChI=1S/C20H18FN3O5/c1-2-20(12-3-5-13(21)6-4-12)18(26)24(19(27)23-20)10-17(25)22-14-7-8-15-16(9-14)29-11-28-15/h3-9H,2,10-11H2,1H3,(H,22,25)(H,23,27)/t20-/m0/s1. The Morgan fingerprint density at radius 2 is 1.90 bits per heavy atom. The first-order valence-corrected chi connectivity index (χ1v) is 9.02. The van der Waals surface area contributed by atoms with Crippen LogP contribution in [0.1, 0.15) is 18.9 Å². The van der Waals surface area contributed by atoms with Crippen molar-refractivity contribution < 1.29 is 28.2 Å². The van der Waals surface area contributed by atoms with Crippen LogP contribution < -0.4 is 20.1 Å². The number of anilines is 1. The molecule has 0 spiro atoms. The van der Waals surface area contributed by atoms with E-state index in [4.69, 9.17) is 9.47 Å².